The third-order valence-electron chi connectivity index (χ3n) is 4.04. The highest BCUT2D eigenvalue weighted by molar-refractivity contribution is 5.20. The minimum absolute atomic E-state index is 0.182. The minimum Gasteiger partial charge on any atom is -0.390 e. The van der Waals surface area contributed by atoms with Gasteiger partial charge in [0.25, 0.3) is 0 Å². The second-order valence-corrected chi connectivity index (χ2v) is 5.60. The summed E-state index contributed by atoms with van der Waals surface area (Å²) >= 11 is 0. The second kappa shape index (κ2) is 5.35. The predicted octanol–water partition coefficient (Wildman–Crippen LogP) is 3.84. The van der Waals surface area contributed by atoms with Gasteiger partial charge in [0.05, 0.1) is 5.60 Å². The lowest BCUT2D eigenvalue weighted by atomic mass is 9.75. The van der Waals surface area contributed by atoms with E-state index in [4.69, 9.17) is 0 Å². The summed E-state index contributed by atoms with van der Waals surface area (Å²) in [5, 5.41) is 10.5. The summed E-state index contributed by atoms with van der Waals surface area (Å²) in [5.74, 6) is -0.702. The van der Waals surface area contributed by atoms with Gasteiger partial charge in [-0.2, -0.15) is 0 Å². The van der Waals surface area contributed by atoms with Crippen molar-refractivity contribution in [2.75, 3.05) is 0 Å². The Morgan fingerprint density at radius 1 is 1.22 bits per heavy atom. The fraction of sp³-hybridized carbons (Fsp3) is 0.600. The van der Waals surface area contributed by atoms with Crippen molar-refractivity contribution in [1.82, 2.24) is 0 Å². The molecule has 18 heavy (non-hydrogen) atoms. The van der Waals surface area contributed by atoms with Crippen LogP contribution in [0.15, 0.2) is 18.2 Å². The van der Waals surface area contributed by atoms with Gasteiger partial charge in [0.1, 0.15) is 11.6 Å². The molecular formula is C15H20F2O. The van der Waals surface area contributed by atoms with Crippen LogP contribution in [0.5, 0.6) is 0 Å². The van der Waals surface area contributed by atoms with Gasteiger partial charge in [-0.15, -0.1) is 0 Å². The highest BCUT2D eigenvalue weighted by Crippen LogP contribution is 2.35. The van der Waals surface area contributed by atoms with Crippen molar-refractivity contribution in [2.45, 2.75) is 51.0 Å². The molecule has 1 aromatic rings. The van der Waals surface area contributed by atoms with E-state index in [0.717, 1.165) is 37.8 Å². The van der Waals surface area contributed by atoms with Crippen molar-refractivity contribution in [1.29, 1.82) is 0 Å². The van der Waals surface area contributed by atoms with Crippen LogP contribution in [-0.4, -0.2) is 10.7 Å². The molecule has 1 aromatic carbocycles. The monoisotopic (exact) mass is 254 g/mol. The molecule has 3 heteroatoms. The Balaban J connectivity index is 2.13. The first-order valence-electron chi connectivity index (χ1n) is 6.65. The third kappa shape index (κ3) is 3.08. The standard InChI is InChI=1S/C15H20F2O/c1-15(18,12-5-3-2-4-6-12)10-11-9-13(16)7-8-14(11)17/h7-9,12,18H,2-6,10H2,1H3. The molecule has 1 aliphatic carbocycles. The van der Waals surface area contributed by atoms with Crippen LogP contribution in [-0.2, 0) is 6.42 Å². The Morgan fingerprint density at radius 3 is 2.56 bits per heavy atom. The maximum atomic E-state index is 13.6. The van der Waals surface area contributed by atoms with Crippen LogP contribution >= 0.6 is 0 Å². The molecule has 0 saturated heterocycles. The molecule has 1 fully saturated rings. The fourth-order valence-corrected chi connectivity index (χ4v) is 2.93. The van der Waals surface area contributed by atoms with Gasteiger partial charge in [0.15, 0.2) is 0 Å². The van der Waals surface area contributed by atoms with Gasteiger partial charge in [-0.05, 0) is 49.4 Å². The lowest BCUT2D eigenvalue weighted by molar-refractivity contribution is -0.0166. The summed E-state index contributed by atoms with van der Waals surface area (Å²) < 4.78 is 26.7. The highest BCUT2D eigenvalue weighted by atomic mass is 19.1. The Labute approximate surface area is 107 Å². The number of aliphatic hydroxyl groups is 1. The number of hydrogen-bond donors (Lipinski definition) is 1. The molecule has 1 aliphatic rings. The molecule has 1 nitrogen and oxygen atoms in total. The first-order valence-corrected chi connectivity index (χ1v) is 6.65. The van der Waals surface area contributed by atoms with Crippen LogP contribution in [0.3, 0.4) is 0 Å². The van der Waals surface area contributed by atoms with Crippen molar-refractivity contribution in [3.63, 3.8) is 0 Å². The topological polar surface area (TPSA) is 20.2 Å². The van der Waals surface area contributed by atoms with E-state index in [1.54, 1.807) is 6.92 Å². The molecule has 0 aliphatic heterocycles. The molecule has 100 valence electrons. The van der Waals surface area contributed by atoms with Crippen molar-refractivity contribution in [3.8, 4) is 0 Å². The van der Waals surface area contributed by atoms with E-state index in [2.05, 4.69) is 0 Å². The SMILES string of the molecule is CC(O)(Cc1cc(F)ccc1F)C1CCCCC1. The van der Waals surface area contributed by atoms with Crippen LogP contribution in [0.2, 0.25) is 0 Å². The molecule has 0 bridgehead atoms. The van der Waals surface area contributed by atoms with E-state index in [9.17, 15) is 13.9 Å². The van der Waals surface area contributed by atoms with E-state index in [1.807, 2.05) is 0 Å². The summed E-state index contributed by atoms with van der Waals surface area (Å²) in [7, 11) is 0. The second-order valence-electron chi connectivity index (χ2n) is 5.60. The van der Waals surface area contributed by atoms with Crippen LogP contribution in [0.4, 0.5) is 8.78 Å². The van der Waals surface area contributed by atoms with Gasteiger partial charge in [0, 0.05) is 6.42 Å². The number of halogens is 2. The molecule has 0 spiro atoms. The average molecular weight is 254 g/mol. The molecular weight excluding hydrogens is 234 g/mol. The molecule has 1 unspecified atom stereocenters. The molecule has 2 rings (SSSR count). The van der Waals surface area contributed by atoms with Crippen LogP contribution in [0, 0.1) is 17.6 Å². The van der Waals surface area contributed by atoms with Crippen molar-refractivity contribution in [3.05, 3.63) is 35.4 Å². The summed E-state index contributed by atoms with van der Waals surface area (Å²) in [5.41, 5.74) is -0.680. The Hall–Kier alpha value is -0.960. The first kappa shape index (κ1) is 13.5. The normalized spacial score (nSPS) is 20.7. The van der Waals surface area contributed by atoms with E-state index in [-0.39, 0.29) is 17.9 Å². The molecule has 1 N–H and O–H groups in total. The number of benzene rings is 1. The fourth-order valence-electron chi connectivity index (χ4n) is 2.93. The van der Waals surface area contributed by atoms with Gasteiger partial charge in [-0.25, -0.2) is 8.78 Å². The minimum atomic E-state index is -0.949. The summed E-state index contributed by atoms with van der Waals surface area (Å²) in [6.07, 6.45) is 5.58. The zero-order chi connectivity index (χ0) is 13.2. The van der Waals surface area contributed by atoms with Gasteiger partial charge >= 0.3 is 0 Å². The van der Waals surface area contributed by atoms with Gasteiger partial charge in [0.2, 0.25) is 0 Å². The van der Waals surface area contributed by atoms with Crippen LogP contribution in [0.1, 0.15) is 44.6 Å². The lowest BCUT2D eigenvalue weighted by Crippen LogP contribution is -2.38. The largest absolute Gasteiger partial charge is 0.390 e. The van der Waals surface area contributed by atoms with E-state index >= 15 is 0 Å². The molecule has 0 radical (unpaired) electrons. The first-order chi connectivity index (χ1) is 8.49. The van der Waals surface area contributed by atoms with E-state index in [1.165, 1.54) is 12.5 Å². The zero-order valence-electron chi connectivity index (χ0n) is 10.8. The number of rotatable bonds is 3. The van der Waals surface area contributed by atoms with Gasteiger partial charge < -0.3 is 5.11 Å². The van der Waals surface area contributed by atoms with Gasteiger partial charge in [-0.3, -0.25) is 0 Å². The Bertz CT molecular complexity index is 409. The van der Waals surface area contributed by atoms with E-state index in [0.29, 0.717) is 0 Å². The predicted molar refractivity (Wildman–Crippen MR) is 67.3 cm³/mol. The Kier molecular flexibility index (Phi) is 4.00. The lowest BCUT2D eigenvalue weighted by Gasteiger charge is -2.35. The van der Waals surface area contributed by atoms with Crippen molar-refractivity contribution in [2.24, 2.45) is 5.92 Å². The molecule has 1 atom stereocenters. The molecule has 0 amide bonds. The van der Waals surface area contributed by atoms with E-state index < -0.39 is 17.2 Å². The maximum Gasteiger partial charge on any atom is 0.126 e. The van der Waals surface area contributed by atoms with Crippen LogP contribution < -0.4 is 0 Å². The quantitative estimate of drug-likeness (QED) is 0.869. The van der Waals surface area contributed by atoms with Crippen molar-refractivity contribution < 1.29 is 13.9 Å². The zero-order valence-corrected chi connectivity index (χ0v) is 10.8. The number of hydrogen-bond acceptors (Lipinski definition) is 1. The smallest absolute Gasteiger partial charge is 0.126 e. The summed E-state index contributed by atoms with van der Waals surface area (Å²) in [4.78, 5) is 0. The molecule has 0 aromatic heterocycles. The maximum absolute atomic E-state index is 13.6. The molecule has 1 saturated carbocycles. The Morgan fingerprint density at radius 2 is 1.89 bits per heavy atom. The van der Waals surface area contributed by atoms with Gasteiger partial charge in [-0.1, -0.05) is 19.3 Å². The van der Waals surface area contributed by atoms with Crippen LogP contribution in [0.25, 0.3) is 0 Å². The third-order valence-corrected chi connectivity index (χ3v) is 4.04. The highest BCUT2D eigenvalue weighted by Gasteiger charge is 2.33. The van der Waals surface area contributed by atoms with Crippen molar-refractivity contribution >= 4 is 0 Å². The summed E-state index contributed by atoms with van der Waals surface area (Å²) in [6.45, 7) is 1.74. The average Bonchev–Trinajstić information content (AvgIpc) is 2.35. The summed E-state index contributed by atoms with van der Waals surface area (Å²) in [6, 6.07) is 3.42. The molecule has 0 heterocycles.